The van der Waals surface area contributed by atoms with Crippen LogP contribution in [0.15, 0.2) is 0 Å². The molecule has 6 atom stereocenters. The second-order valence-corrected chi connectivity index (χ2v) is 3.60. The lowest BCUT2D eigenvalue weighted by atomic mass is 9.79. The number of rotatable bonds is 1. The minimum Gasteiger partial charge on any atom is -0.393 e. The molecule has 1 heterocycles. The lowest BCUT2D eigenvalue weighted by molar-refractivity contribution is -0.186. The van der Waals surface area contributed by atoms with Crippen molar-refractivity contribution in [1.82, 2.24) is 0 Å². The maximum atomic E-state index is 9.65. The number of aliphatic hydroxyl groups excluding tert-OH is 4. The maximum Gasteiger partial charge on any atom is 0.145 e. The lowest BCUT2D eigenvalue weighted by Gasteiger charge is -2.37. The second-order valence-electron chi connectivity index (χ2n) is 3.60. The molecule has 0 aromatic heterocycles. The first-order valence-electron chi connectivity index (χ1n) is 4.05. The molecule has 1 saturated heterocycles. The van der Waals surface area contributed by atoms with Gasteiger partial charge >= 0.3 is 0 Å². The molecule has 0 amide bonds. The van der Waals surface area contributed by atoms with E-state index in [9.17, 15) is 20.4 Å². The molecule has 0 unspecified atom stereocenters. The molecule has 5 N–H and O–H groups in total. The van der Waals surface area contributed by atoms with Crippen molar-refractivity contribution in [2.45, 2.75) is 36.1 Å². The van der Waals surface area contributed by atoms with Crippen LogP contribution in [0.2, 0.25) is 0 Å². The van der Waals surface area contributed by atoms with E-state index in [1.165, 1.54) is 0 Å². The van der Waals surface area contributed by atoms with E-state index >= 15 is 0 Å². The summed E-state index contributed by atoms with van der Waals surface area (Å²) in [7, 11) is 0. The number of fused-ring (bicyclic) bond motifs is 1. The molecule has 0 aromatic rings. The smallest absolute Gasteiger partial charge is 0.145 e. The summed E-state index contributed by atoms with van der Waals surface area (Å²) in [5.41, 5.74) is -1.86. The molecule has 2 aliphatic rings. The van der Waals surface area contributed by atoms with Crippen molar-refractivity contribution in [1.29, 1.82) is 0 Å². The third-order valence-electron chi connectivity index (χ3n) is 2.79. The normalized spacial score (nSPS) is 60.2. The maximum absolute atomic E-state index is 9.65. The second kappa shape index (κ2) is 2.63. The van der Waals surface area contributed by atoms with E-state index in [4.69, 9.17) is 9.84 Å². The van der Waals surface area contributed by atoms with Gasteiger partial charge in [-0.25, -0.2) is 0 Å². The first-order chi connectivity index (χ1) is 6.02. The molecule has 1 saturated carbocycles. The molecule has 76 valence electrons. The third-order valence-corrected chi connectivity index (χ3v) is 2.79. The van der Waals surface area contributed by atoms with Crippen LogP contribution in [0.3, 0.4) is 0 Å². The van der Waals surface area contributed by atoms with Crippen molar-refractivity contribution < 1.29 is 30.3 Å². The average molecular weight is 192 g/mol. The van der Waals surface area contributed by atoms with E-state index in [-0.39, 0.29) is 0 Å². The molecule has 0 radical (unpaired) electrons. The summed E-state index contributed by atoms with van der Waals surface area (Å²) in [6.07, 6.45) is -5.74. The monoisotopic (exact) mass is 192 g/mol. The number of epoxide rings is 1. The van der Waals surface area contributed by atoms with Crippen LogP contribution in [-0.4, -0.2) is 68.3 Å². The van der Waals surface area contributed by atoms with Crippen LogP contribution in [-0.2, 0) is 4.74 Å². The van der Waals surface area contributed by atoms with Crippen molar-refractivity contribution in [3.63, 3.8) is 0 Å². The molecule has 6 heteroatoms. The topological polar surface area (TPSA) is 114 Å². The molecule has 6 nitrogen and oxygen atoms in total. The van der Waals surface area contributed by atoms with E-state index in [1.807, 2.05) is 0 Å². The highest BCUT2D eigenvalue weighted by atomic mass is 16.6. The van der Waals surface area contributed by atoms with Gasteiger partial charge in [-0.2, -0.15) is 0 Å². The molecule has 1 aliphatic carbocycles. The minimum absolute atomic E-state index is 0.685. The molecule has 0 aromatic carbocycles. The van der Waals surface area contributed by atoms with Crippen molar-refractivity contribution in [3.8, 4) is 0 Å². The van der Waals surface area contributed by atoms with Crippen LogP contribution in [0.25, 0.3) is 0 Å². The van der Waals surface area contributed by atoms with E-state index < -0.39 is 42.7 Å². The van der Waals surface area contributed by atoms with Crippen molar-refractivity contribution in [2.24, 2.45) is 0 Å². The highest BCUT2D eigenvalue weighted by Crippen LogP contribution is 2.43. The summed E-state index contributed by atoms with van der Waals surface area (Å²) < 4.78 is 4.86. The molecule has 2 fully saturated rings. The van der Waals surface area contributed by atoms with Gasteiger partial charge in [0.25, 0.3) is 0 Å². The van der Waals surface area contributed by atoms with Gasteiger partial charge in [-0.15, -0.1) is 0 Å². The zero-order chi connectivity index (χ0) is 9.80. The summed E-state index contributed by atoms with van der Waals surface area (Å²) in [6.45, 7) is -0.709. The predicted octanol–water partition coefficient (Wildman–Crippen LogP) is -3.43. The molecule has 0 bridgehead atoms. The predicted molar refractivity (Wildman–Crippen MR) is 38.7 cm³/mol. The fourth-order valence-electron chi connectivity index (χ4n) is 1.81. The highest BCUT2D eigenvalue weighted by molar-refractivity contribution is 5.16. The summed E-state index contributed by atoms with van der Waals surface area (Å²) >= 11 is 0. The zero-order valence-corrected chi connectivity index (χ0v) is 6.74. The number of ether oxygens (including phenoxy) is 1. The molecular formula is C7H12O6. The first-order valence-corrected chi connectivity index (χ1v) is 4.05. The SMILES string of the molecule is OC[C@@]1(O)[C@@H]2O[C@@H]2[C@H](O)[C@@H](O)[C@@H]1O. The van der Waals surface area contributed by atoms with Gasteiger partial charge in [-0.05, 0) is 0 Å². The third kappa shape index (κ3) is 1.04. The van der Waals surface area contributed by atoms with Gasteiger partial charge in [-0.1, -0.05) is 0 Å². The molecule has 1 aliphatic heterocycles. The number of hydrogen-bond acceptors (Lipinski definition) is 6. The van der Waals surface area contributed by atoms with E-state index in [0.717, 1.165) is 0 Å². The Balaban J connectivity index is 2.23. The largest absolute Gasteiger partial charge is 0.393 e. The fourth-order valence-corrected chi connectivity index (χ4v) is 1.81. The van der Waals surface area contributed by atoms with Crippen LogP contribution < -0.4 is 0 Å². The highest BCUT2D eigenvalue weighted by Gasteiger charge is 2.67. The van der Waals surface area contributed by atoms with Gasteiger partial charge in [-0.3, -0.25) is 0 Å². The van der Waals surface area contributed by atoms with Crippen LogP contribution in [0.1, 0.15) is 0 Å². The Bertz CT molecular complexity index is 221. The van der Waals surface area contributed by atoms with E-state index in [0.29, 0.717) is 0 Å². The molecule has 0 spiro atoms. The van der Waals surface area contributed by atoms with Crippen LogP contribution in [0.5, 0.6) is 0 Å². The Kier molecular flexibility index (Phi) is 1.88. The fraction of sp³-hybridized carbons (Fsp3) is 1.00. The van der Waals surface area contributed by atoms with Crippen LogP contribution in [0, 0.1) is 0 Å². The van der Waals surface area contributed by atoms with Gasteiger partial charge in [0, 0.05) is 0 Å². The molecule has 13 heavy (non-hydrogen) atoms. The standard InChI is InChI=1S/C7H12O6/c8-1-7(12)5(11)3(10)2(9)4-6(7)13-4/h2-6,8-12H,1H2/t2-,3-,4-,5+,6-,7+/m1/s1. The molecule has 2 rings (SSSR count). The molecular weight excluding hydrogens is 180 g/mol. The summed E-state index contributed by atoms with van der Waals surface area (Å²) in [5, 5.41) is 46.4. The zero-order valence-electron chi connectivity index (χ0n) is 6.74. The summed E-state index contributed by atoms with van der Waals surface area (Å²) in [6, 6.07) is 0. The van der Waals surface area contributed by atoms with Gasteiger partial charge in [0.1, 0.15) is 36.1 Å². The van der Waals surface area contributed by atoms with Gasteiger partial charge in [0.2, 0.25) is 0 Å². The van der Waals surface area contributed by atoms with E-state index in [2.05, 4.69) is 0 Å². The van der Waals surface area contributed by atoms with E-state index in [1.54, 1.807) is 0 Å². The Morgan fingerprint density at radius 2 is 1.77 bits per heavy atom. The van der Waals surface area contributed by atoms with Crippen molar-refractivity contribution in [2.75, 3.05) is 6.61 Å². The number of aliphatic hydroxyl groups is 5. The van der Waals surface area contributed by atoms with Gasteiger partial charge in [0.05, 0.1) is 6.61 Å². The Morgan fingerprint density at radius 1 is 1.15 bits per heavy atom. The number of hydrogen-bond donors (Lipinski definition) is 5. The van der Waals surface area contributed by atoms with Crippen LogP contribution >= 0.6 is 0 Å². The van der Waals surface area contributed by atoms with Gasteiger partial charge < -0.3 is 30.3 Å². The van der Waals surface area contributed by atoms with Gasteiger partial charge in [0.15, 0.2) is 0 Å². The van der Waals surface area contributed by atoms with Crippen molar-refractivity contribution >= 4 is 0 Å². The summed E-state index contributed by atoms with van der Waals surface area (Å²) in [4.78, 5) is 0. The average Bonchev–Trinajstić information content (AvgIpc) is 2.91. The first kappa shape index (κ1) is 9.32. The minimum atomic E-state index is -1.86. The van der Waals surface area contributed by atoms with Crippen molar-refractivity contribution in [3.05, 3.63) is 0 Å². The lowest BCUT2D eigenvalue weighted by Crippen LogP contribution is -2.63. The Morgan fingerprint density at radius 3 is 2.31 bits per heavy atom. The quantitative estimate of drug-likeness (QED) is 0.276. The Hall–Kier alpha value is -0.240. The van der Waals surface area contributed by atoms with Crippen LogP contribution in [0.4, 0.5) is 0 Å². The Labute approximate surface area is 74.0 Å². The summed E-state index contributed by atoms with van der Waals surface area (Å²) in [5.74, 6) is 0.